The van der Waals surface area contributed by atoms with Crippen molar-refractivity contribution in [2.75, 3.05) is 46.2 Å². The molecule has 0 saturated carbocycles. The van der Waals surface area contributed by atoms with E-state index in [9.17, 15) is 117 Å². The molecule has 0 aromatic carbocycles. The lowest BCUT2D eigenvalue weighted by atomic mass is 9.93. The summed E-state index contributed by atoms with van der Waals surface area (Å²) in [5.74, 6) is -2.53. The molecule has 7 saturated heterocycles. The molecule has 0 aromatic rings. The number of nitrogens with one attached hydrogen (secondary N) is 3. The molecule has 35 atom stereocenters. The summed E-state index contributed by atoms with van der Waals surface area (Å²) in [6.07, 6.45) is -61.5. The number of carbonyl (C=O) groups is 3. The Morgan fingerprint density at radius 3 is 1.01 bits per heavy atom. The second-order valence-electron chi connectivity index (χ2n) is 21.8. The predicted octanol–water partition coefficient (Wildman–Crippen LogP) is -15.8. The first-order valence-corrected chi connectivity index (χ1v) is 27.6. The van der Waals surface area contributed by atoms with Crippen molar-refractivity contribution in [1.29, 1.82) is 0 Å². The minimum absolute atomic E-state index is 0.790. The SMILES string of the molecule is CC(=O)N[C@@H]1[C@@H](O[C@H]2O[C@H](CO[C@@H]3O[C@H](CO)[C@@H](O[C@@H]4O[C@H](CO)[C@H](O[C@@H]5O[C@H](CO)[C@H](O[C@H]6O[C@H](CO)[C@H](O)[C@H](O)[C@H]6O)[C@H](O)[C@H]5O)[C@H](O)[C@H]4O)[C@H](O)[C@H]3NC(C)=O)[C@H](O)[C@H](O[C@@H]3O[C@H](CO)[C@H](O)[C@H](O)[C@H]3O)[C@H]2NC(C)=O)[C@@H](O)[C@@H](CO)O[C@@H]1O. The van der Waals surface area contributed by atoms with E-state index >= 15 is 0 Å². The summed E-state index contributed by atoms with van der Waals surface area (Å²) in [5.41, 5.74) is 0. The predicted molar refractivity (Wildman–Crippen MR) is 267 cm³/mol. The van der Waals surface area contributed by atoms with E-state index in [1.165, 1.54) is 0 Å². The first kappa shape index (κ1) is 71.5. The first-order valence-electron chi connectivity index (χ1n) is 27.6. The molecule has 7 heterocycles. The molecule has 0 spiro atoms. The van der Waals surface area contributed by atoms with Gasteiger partial charge in [-0.3, -0.25) is 14.4 Å². The summed E-state index contributed by atoms with van der Waals surface area (Å²) >= 11 is 0. The normalized spacial score (nSPS) is 48.9. The van der Waals surface area contributed by atoms with E-state index in [2.05, 4.69) is 16.0 Å². The van der Waals surface area contributed by atoms with Crippen LogP contribution in [0.15, 0.2) is 0 Å². The van der Waals surface area contributed by atoms with Crippen LogP contribution in [-0.4, -0.2) is 381 Å². The number of aliphatic hydroxyl groups excluding tert-OH is 20. The molecule has 0 radical (unpaired) electrons. The zero-order valence-corrected chi connectivity index (χ0v) is 46.6. The van der Waals surface area contributed by atoms with Gasteiger partial charge in [0.05, 0.1) is 46.2 Å². The summed E-state index contributed by atoms with van der Waals surface area (Å²) in [4.78, 5) is 38.0. The van der Waals surface area contributed by atoms with Gasteiger partial charge in [-0.1, -0.05) is 0 Å². The minimum atomic E-state index is -2.24. The number of carbonyl (C=O) groups excluding carboxylic acids is 3. The van der Waals surface area contributed by atoms with Gasteiger partial charge in [-0.2, -0.15) is 0 Å². The van der Waals surface area contributed by atoms with Crippen LogP contribution in [0.4, 0.5) is 0 Å². The van der Waals surface area contributed by atoms with Crippen LogP contribution in [0.25, 0.3) is 0 Å². The van der Waals surface area contributed by atoms with E-state index < -0.39 is 279 Å². The maximum Gasteiger partial charge on any atom is 0.217 e. The number of aliphatic hydroxyl groups is 20. The van der Waals surface area contributed by atoms with Crippen molar-refractivity contribution in [1.82, 2.24) is 16.0 Å². The number of rotatable bonds is 22. The molecular formula is C48H81N3O36. The van der Waals surface area contributed by atoms with E-state index in [-0.39, 0.29) is 0 Å². The lowest BCUT2D eigenvalue weighted by Gasteiger charge is -2.50. The number of hydrogen-bond acceptors (Lipinski definition) is 36. The Labute approximate surface area is 492 Å². The van der Waals surface area contributed by atoms with Gasteiger partial charge in [-0.15, -0.1) is 0 Å². The third-order valence-electron chi connectivity index (χ3n) is 15.7. The molecule has 39 heteroatoms. The van der Waals surface area contributed by atoms with Crippen molar-refractivity contribution in [3.8, 4) is 0 Å². The minimum Gasteiger partial charge on any atom is -0.394 e. The van der Waals surface area contributed by atoms with Crippen LogP contribution in [0.2, 0.25) is 0 Å². The van der Waals surface area contributed by atoms with Gasteiger partial charge in [-0.25, -0.2) is 0 Å². The van der Waals surface area contributed by atoms with Crippen molar-refractivity contribution in [2.45, 2.75) is 236 Å². The Balaban J connectivity index is 1.09. The molecule has 23 N–H and O–H groups in total. The summed E-state index contributed by atoms with van der Waals surface area (Å²) in [7, 11) is 0. The third-order valence-corrected chi connectivity index (χ3v) is 15.7. The fraction of sp³-hybridized carbons (Fsp3) is 0.938. The maximum absolute atomic E-state index is 12.9. The maximum atomic E-state index is 12.9. The van der Waals surface area contributed by atoms with Crippen molar-refractivity contribution in [2.24, 2.45) is 0 Å². The molecule has 0 unspecified atom stereocenters. The van der Waals surface area contributed by atoms with E-state index in [1.807, 2.05) is 0 Å². The third kappa shape index (κ3) is 15.8. The summed E-state index contributed by atoms with van der Waals surface area (Å²) in [6.45, 7) is -3.80. The number of amides is 3. The van der Waals surface area contributed by atoms with E-state index in [4.69, 9.17) is 61.6 Å². The summed E-state index contributed by atoms with van der Waals surface area (Å²) in [6, 6.07) is -5.22. The average Bonchev–Trinajstić information content (AvgIpc) is 2.21. The molecule has 7 aliphatic heterocycles. The van der Waals surface area contributed by atoms with Gasteiger partial charge >= 0.3 is 0 Å². The molecule has 87 heavy (non-hydrogen) atoms. The largest absolute Gasteiger partial charge is 0.394 e. The topological polar surface area (TPSA) is 612 Å². The second kappa shape index (κ2) is 31.1. The van der Waals surface area contributed by atoms with Gasteiger partial charge in [0.15, 0.2) is 44.0 Å². The van der Waals surface area contributed by atoms with E-state index in [1.54, 1.807) is 0 Å². The van der Waals surface area contributed by atoms with E-state index in [0.29, 0.717) is 0 Å². The highest BCUT2D eigenvalue weighted by molar-refractivity contribution is 5.74. The zero-order valence-electron chi connectivity index (χ0n) is 46.6. The summed E-state index contributed by atoms with van der Waals surface area (Å²) in [5, 5.41) is 222. The highest BCUT2D eigenvalue weighted by atomic mass is 16.8. The Kier molecular flexibility index (Phi) is 25.6. The molecule has 3 amide bonds. The van der Waals surface area contributed by atoms with Crippen LogP contribution in [0, 0.1) is 0 Å². The molecule has 7 fully saturated rings. The standard InChI is InChI=1S/C48H81N3O36/c1-11(58)49-21-28(65)37(83-47-35(72)31(68)39(19(9-57)80-47)85-48-36(73)32(69)38(18(8-56)81-48)84-45-33(70)29(66)24(61)14(4-52)77-45)17(7-55)79-43(21)75-10-20-27(64)41(87-46-34(71)30(67)25(62)15(5-53)78-46)23(51-13(3)60)44(82-20)86-40-22(50-12(2)59)42(74)76-16(6-54)26(40)63/h14-48,52-57,61-74H,4-10H2,1-3H3,(H,49,58)(H,50,59)(H,51,60)/t14-,15-,16-,17-,18-,19-,20-,21-,22-,23-,24+,25+,26+,27+,28-,29+,30+,31-,32-,33-,34-,35-,36-,37-,38+,39+,40-,41-,42+,43-,44-,45-,46+,47+,48+/m1/s1. The van der Waals surface area contributed by atoms with E-state index in [0.717, 1.165) is 20.8 Å². The van der Waals surface area contributed by atoms with Gasteiger partial charge in [0.2, 0.25) is 17.7 Å². The Morgan fingerprint density at radius 2 is 0.598 bits per heavy atom. The molecule has 0 bridgehead atoms. The molecule has 504 valence electrons. The van der Waals surface area contributed by atoms with Crippen molar-refractivity contribution in [3.05, 3.63) is 0 Å². The zero-order chi connectivity index (χ0) is 64.2. The monoisotopic (exact) mass is 1280 g/mol. The van der Waals surface area contributed by atoms with Crippen LogP contribution in [0.5, 0.6) is 0 Å². The molecule has 7 rings (SSSR count). The van der Waals surface area contributed by atoms with Crippen LogP contribution >= 0.6 is 0 Å². The highest BCUT2D eigenvalue weighted by Gasteiger charge is 2.58. The highest BCUT2D eigenvalue weighted by Crippen LogP contribution is 2.37. The molecular weight excluding hydrogens is 1190 g/mol. The fourth-order valence-corrected chi connectivity index (χ4v) is 11.1. The van der Waals surface area contributed by atoms with Gasteiger partial charge in [0.25, 0.3) is 0 Å². The van der Waals surface area contributed by atoms with Crippen LogP contribution < -0.4 is 16.0 Å². The van der Waals surface area contributed by atoms with Crippen molar-refractivity contribution < 1.29 is 178 Å². The molecule has 7 aliphatic rings. The Hall–Kier alpha value is -2.91. The van der Waals surface area contributed by atoms with Gasteiger partial charge in [-0.05, 0) is 0 Å². The Bertz CT molecular complexity index is 2180. The van der Waals surface area contributed by atoms with Crippen LogP contribution in [-0.2, 0) is 76.0 Å². The smallest absolute Gasteiger partial charge is 0.217 e. The van der Waals surface area contributed by atoms with Crippen molar-refractivity contribution >= 4 is 17.7 Å². The van der Waals surface area contributed by atoms with Gasteiger partial charge < -0.3 is 180 Å². The van der Waals surface area contributed by atoms with Gasteiger partial charge in [0.1, 0.15) is 171 Å². The lowest BCUT2D eigenvalue weighted by molar-refractivity contribution is -0.387. The summed E-state index contributed by atoms with van der Waals surface area (Å²) < 4.78 is 74.9. The number of hydrogen-bond donors (Lipinski definition) is 23. The molecule has 0 aromatic heterocycles. The first-order chi connectivity index (χ1) is 41.1. The van der Waals surface area contributed by atoms with Crippen LogP contribution in [0.3, 0.4) is 0 Å². The van der Waals surface area contributed by atoms with Gasteiger partial charge in [0, 0.05) is 20.8 Å². The second-order valence-corrected chi connectivity index (χ2v) is 21.8. The fourth-order valence-electron chi connectivity index (χ4n) is 11.1. The number of ether oxygens (including phenoxy) is 13. The molecule has 39 nitrogen and oxygen atoms in total. The van der Waals surface area contributed by atoms with Crippen LogP contribution in [0.1, 0.15) is 20.8 Å². The molecule has 0 aliphatic carbocycles. The average molecular weight is 1280 g/mol. The lowest BCUT2D eigenvalue weighted by Crippen LogP contribution is -2.71. The Morgan fingerprint density at radius 1 is 0.299 bits per heavy atom. The van der Waals surface area contributed by atoms with Crippen molar-refractivity contribution in [3.63, 3.8) is 0 Å². The quantitative estimate of drug-likeness (QED) is 0.0479.